The van der Waals surface area contributed by atoms with Crippen molar-refractivity contribution in [3.05, 3.63) is 35.4 Å². The van der Waals surface area contributed by atoms with E-state index in [0.717, 1.165) is 25.3 Å². The number of rotatable bonds is 1. The number of hydrogen-bond acceptors (Lipinski definition) is 3. The summed E-state index contributed by atoms with van der Waals surface area (Å²) < 4.78 is 0. The Morgan fingerprint density at radius 3 is 2.89 bits per heavy atom. The van der Waals surface area contributed by atoms with Crippen LogP contribution in [0.4, 0.5) is 0 Å². The Labute approximate surface area is 112 Å². The zero-order valence-corrected chi connectivity index (χ0v) is 11.4. The molecule has 96 valence electrons. The molecule has 4 heteroatoms. The SMILES string of the molecule is Cc1ccc(C23CSCC(=O)N2CCCN3)cc1. The second-order valence-electron chi connectivity index (χ2n) is 5.04. The Hall–Kier alpha value is -1.00. The Morgan fingerprint density at radius 1 is 1.33 bits per heavy atom. The van der Waals surface area contributed by atoms with E-state index in [1.807, 2.05) is 4.90 Å². The number of nitrogens with zero attached hydrogens (tertiary/aromatic N) is 1. The average molecular weight is 262 g/mol. The lowest BCUT2D eigenvalue weighted by Crippen LogP contribution is -2.66. The van der Waals surface area contributed by atoms with Gasteiger partial charge in [-0.05, 0) is 25.5 Å². The molecule has 1 amide bonds. The van der Waals surface area contributed by atoms with Crippen molar-refractivity contribution in [1.29, 1.82) is 0 Å². The Kier molecular flexibility index (Phi) is 3.08. The van der Waals surface area contributed by atoms with Crippen LogP contribution in [-0.2, 0) is 10.5 Å². The summed E-state index contributed by atoms with van der Waals surface area (Å²) >= 11 is 1.73. The number of aryl methyl sites for hydroxylation is 1. The third-order valence-electron chi connectivity index (χ3n) is 3.80. The van der Waals surface area contributed by atoms with Gasteiger partial charge in [-0.25, -0.2) is 0 Å². The van der Waals surface area contributed by atoms with Gasteiger partial charge in [-0.1, -0.05) is 29.8 Å². The Balaban J connectivity index is 2.03. The van der Waals surface area contributed by atoms with Gasteiger partial charge in [0.1, 0.15) is 5.66 Å². The van der Waals surface area contributed by atoms with Crippen molar-refractivity contribution in [2.75, 3.05) is 24.6 Å². The first-order valence-electron chi connectivity index (χ1n) is 6.43. The summed E-state index contributed by atoms with van der Waals surface area (Å²) in [5.41, 5.74) is 2.20. The normalized spacial score (nSPS) is 28.1. The van der Waals surface area contributed by atoms with Crippen LogP contribution in [0.15, 0.2) is 24.3 Å². The summed E-state index contributed by atoms with van der Waals surface area (Å²) in [6.45, 7) is 3.95. The van der Waals surface area contributed by atoms with Gasteiger partial charge in [0.15, 0.2) is 0 Å². The number of carbonyl (C=O) groups is 1. The van der Waals surface area contributed by atoms with E-state index in [9.17, 15) is 4.79 Å². The van der Waals surface area contributed by atoms with Crippen LogP contribution in [0.25, 0.3) is 0 Å². The van der Waals surface area contributed by atoms with Crippen molar-refractivity contribution in [3.63, 3.8) is 0 Å². The van der Waals surface area contributed by atoms with Crippen molar-refractivity contribution < 1.29 is 4.79 Å². The van der Waals surface area contributed by atoms with Gasteiger partial charge in [0.2, 0.25) is 5.91 Å². The number of nitrogens with one attached hydrogen (secondary N) is 1. The summed E-state index contributed by atoms with van der Waals surface area (Å²) in [6.07, 6.45) is 1.05. The van der Waals surface area contributed by atoms with Gasteiger partial charge < -0.3 is 4.90 Å². The van der Waals surface area contributed by atoms with Crippen molar-refractivity contribution in [3.8, 4) is 0 Å². The lowest BCUT2D eigenvalue weighted by Gasteiger charge is -2.50. The summed E-state index contributed by atoms with van der Waals surface area (Å²) in [5, 5.41) is 3.58. The molecule has 1 aromatic carbocycles. The van der Waals surface area contributed by atoms with E-state index in [1.54, 1.807) is 11.8 Å². The predicted molar refractivity (Wildman–Crippen MR) is 74.5 cm³/mol. The first-order chi connectivity index (χ1) is 8.72. The zero-order valence-electron chi connectivity index (χ0n) is 10.6. The van der Waals surface area contributed by atoms with Crippen molar-refractivity contribution in [2.24, 2.45) is 0 Å². The maximum atomic E-state index is 12.1. The summed E-state index contributed by atoms with van der Waals surface area (Å²) in [5.74, 6) is 1.83. The quantitative estimate of drug-likeness (QED) is 0.836. The highest BCUT2D eigenvalue weighted by Gasteiger charge is 2.45. The van der Waals surface area contributed by atoms with Crippen molar-refractivity contribution in [1.82, 2.24) is 10.2 Å². The molecule has 3 rings (SSSR count). The molecule has 0 bridgehead atoms. The lowest BCUT2D eigenvalue weighted by molar-refractivity contribution is -0.138. The third kappa shape index (κ3) is 1.84. The minimum Gasteiger partial charge on any atom is -0.319 e. The zero-order chi connectivity index (χ0) is 12.6. The van der Waals surface area contributed by atoms with Crippen LogP contribution < -0.4 is 5.32 Å². The van der Waals surface area contributed by atoms with Gasteiger partial charge in [-0.3, -0.25) is 10.1 Å². The highest BCUT2D eigenvalue weighted by molar-refractivity contribution is 8.00. The average Bonchev–Trinajstić information content (AvgIpc) is 2.40. The van der Waals surface area contributed by atoms with E-state index in [0.29, 0.717) is 5.75 Å². The molecular weight excluding hydrogens is 244 g/mol. The van der Waals surface area contributed by atoms with Crippen LogP contribution in [0, 0.1) is 6.92 Å². The summed E-state index contributed by atoms with van der Waals surface area (Å²) in [4.78, 5) is 14.2. The molecule has 2 saturated heterocycles. The number of thioether (sulfide) groups is 1. The maximum absolute atomic E-state index is 12.1. The number of fused-ring (bicyclic) bond motifs is 1. The molecular formula is C14H18N2OS. The number of benzene rings is 1. The molecule has 0 spiro atoms. The van der Waals surface area contributed by atoms with E-state index < -0.39 is 0 Å². The number of amides is 1. The standard InChI is InChI=1S/C14H18N2OS/c1-11-3-5-12(6-4-11)14-10-18-9-13(17)16(14)8-2-7-15-14/h3-6,15H,2,7-10H2,1H3. The van der Waals surface area contributed by atoms with Crippen molar-refractivity contribution in [2.45, 2.75) is 19.0 Å². The fourth-order valence-corrected chi connectivity index (χ4v) is 3.97. The number of carbonyl (C=O) groups excluding carboxylic acids is 1. The van der Waals surface area contributed by atoms with Gasteiger partial charge >= 0.3 is 0 Å². The van der Waals surface area contributed by atoms with Crippen LogP contribution >= 0.6 is 11.8 Å². The molecule has 0 aliphatic carbocycles. The van der Waals surface area contributed by atoms with Crippen molar-refractivity contribution >= 4 is 17.7 Å². The van der Waals surface area contributed by atoms with Gasteiger partial charge in [0, 0.05) is 12.3 Å². The van der Waals surface area contributed by atoms with Gasteiger partial charge in [0.25, 0.3) is 0 Å². The van der Waals surface area contributed by atoms with E-state index in [1.165, 1.54) is 11.1 Å². The monoisotopic (exact) mass is 262 g/mol. The largest absolute Gasteiger partial charge is 0.319 e. The van der Waals surface area contributed by atoms with E-state index in [2.05, 4.69) is 36.5 Å². The van der Waals surface area contributed by atoms with Crippen LogP contribution in [0.3, 0.4) is 0 Å². The molecule has 2 aliphatic heterocycles. The van der Waals surface area contributed by atoms with Gasteiger partial charge in [-0.2, -0.15) is 0 Å². The van der Waals surface area contributed by atoms with E-state index in [-0.39, 0.29) is 11.6 Å². The number of hydrogen-bond donors (Lipinski definition) is 1. The second kappa shape index (κ2) is 4.59. The molecule has 1 atom stereocenters. The molecule has 0 aromatic heterocycles. The molecule has 2 heterocycles. The van der Waals surface area contributed by atoms with Gasteiger partial charge in [-0.15, -0.1) is 11.8 Å². The van der Waals surface area contributed by atoms with Crippen LogP contribution in [0.1, 0.15) is 17.5 Å². The Morgan fingerprint density at radius 2 is 2.11 bits per heavy atom. The maximum Gasteiger partial charge on any atom is 0.234 e. The molecule has 1 N–H and O–H groups in total. The molecule has 18 heavy (non-hydrogen) atoms. The molecule has 3 nitrogen and oxygen atoms in total. The lowest BCUT2D eigenvalue weighted by atomic mass is 9.95. The Bertz CT molecular complexity index is 455. The molecule has 1 unspecified atom stereocenters. The van der Waals surface area contributed by atoms with Crippen LogP contribution in [0.5, 0.6) is 0 Å². The molecule has 0 radical (unpaired) electrons. The highest BCUT2D eigenvalue weighted by atomic mass is 32.2. The van der Waals surface area contributed by atoms with Crippen LogP contribution in [-0.4, -0.2) is 35.4 Å². The van der Waals surface area contributed by atoms with Gasteiger partial charge in [0.05, 0.1) is 5.75 Å². The molecule has 2 fully saturated rings. The summed E-state index contributed by atoms with van der Waals surface area (Å²) in [7, 11) is 0. The minimum absolute atomic E-state index is 0.263. The summed E-state index contributed by atoms with van der Waals surface area (Å²) in [6, 6.07) is 8.56. The third-order valence-corrected chi connectivity index (χ3v) is 4.88. The topological polar surface area (TPSA) is 32.3 Å². The molecule has 1 aromatic rings. The minimum atomic E-state index is -0.272. The molecule has 2 aliphatic rings. The first-order valence-corrected chi connectivity index (χ1v) is 7.58. The fourth-order valence-electron chi connectivity index (χ4n) is 2.82. The van der Waals surface area contributed by atoms with E-state index >= 15 is 0 Å². The highest BCUT2D eigenvalue weighted by Crippen LogP contribution is 2.36. The molecule has 0 saturated carbocycles. The second-order valence-corrected chi connectivity index (χ2v) is 6.03. The van der Waals surface area contributed by atoms with E-state index in [4.69, 9.17) is 0 Å². The fraction of sp³-hybridized carbons (Fsp3) is 0.500. The smallest absolute Gasteiger partial charge is 0.234 e. The predicted octanol–water partition coefficient (Wildman–Crippen LogP) is 1.72. The van der Waals surface area contributed by atoms with Crippen LogP contribution in [0.2, 0.25) is 0 Å². The first kappa shape index (κ1) is 12.1.